The van der Waals surface area contributed by atoms with Crippen molar-refractivity contribution in [3.63, 3.8) is 0 Å². The molecule has 28 heavy (non-hydrogen) atoms. The summed E-state index contributed by atoms with van der Waals surface area (Å²) in [6, 6.07) is 7.92. The Labute approximate surface area is 162 Å². The molecule has 0 aliphatic carbocycles. The highest BCUT2D eigenvalue weighted by Gasteiger charge is 2.32. The van der Waals surface area contributed by atoms with Crippen LogP contribution in [0.2, 0.25) is 0 Å². The molecule has 0 saturated heterocycles. The number of aromatic nitrogens is 6. The van der Waals surface area contributed by atoms with Crippen LogP contribution in [-0.4, -0.2) is 47.7 Å². The van der Waals surface area contributed by atoms with E-state index in [0.717, 1.165) is 36.9 Å². The van der Waals surface area contributed by atoms with Crippen molar-refractivity contribution in [2.45, 2.75) is 52.1 Å². The lowest BCUT2D eigenvalue weighted by Crippen LogP contribution is -2.35. The van der Waals surface area contributed by atoms with Gasteiger partial charge >= 0.3 is 0 Å². The molecule has 1 aliphatic rings. The second-order valence-corrected chi connectivity index (χ2v) is 7.04. The van der Waals surface area contributed by atoms with Gasteiger partial charge in [-0.1, -0.05) is 35.3 Å². The van der Waals surface area contributed by atoms with E-state index in [1.165, 1.54) is 0 Å². The van der Waals surface area contributed by atoms with Crippen LogP contribution in [0.3, 0.4) is 0 Å². The van der Waals surface area contributed by atoms with Gasteiger partial charge in [-0.3, -0.25) is 4.79 Å². The molecule has 0 saturated carbocycles. The number of benzene rings is 1. The molecule has 1 aromatic carbocycles. The summed E-state index contributed by atoms with van der Waals surface area (Å²) in [5, 5.41) is 15.9. The number of nitrogens with zero attached hydrogens (tertiary/aromatic N) is 7. The van der Waals surface area contributed by atoms with Gasteiger partial charge in [-0.2, -0.15) is 4.98 Å². The molecule has 146 valence electrons. The number of hydrogen-bond acceptors (Lipinski definition) is 7. The summed E-state index contributed by atoms with van der Waals surface area (Å²) in [6.45, 7) is 5.52. The lowest BCUT2D eigenvalue weighted by Gasteiger charge is -2.23. The van der Waals surface area contributed by atoms with Crippen molar-refractivity contribution in [2.75, 3.05) is 6.54 Å². The number of fused-ring (bicyclic) bond motifs is 1. The second kappa shape index (κ2) is 7.87. The molecule has 2 aromatic heterocycles. The Morgan fingerprint density at radius 3 is 3.07 bits per heavy atom. The molecule has 3 aromatic rings. The van der Waals surface area contributed by atoms with Gasteiger partial charge < -0.3 is 9.42 Å². The molecular weight excluding hydrogens is 358 g/mol. The number of rotatable bonds is 5. The van der Waals surface area contributed by atoms with Crippen molar-refractivity contribution < 1.29 is 9.32 Å². The van der Waals surface area contributed by atoms with Crippen LogP contribution >= 0.6 is 0 Å². The Balaban J connectivity index is 1.52. The summed E-state index contributed by atoms with van der Waals surface area (Å²) < 4.78 is 7.15. The van der Waals surface area contributed by atoms with Crippen molar-refractivity contribution in [3.8, 4) is 11.4 Å². The SMILES string of the molecule is CCN(Cc1nc(-c2cccc(C)c2)no1)C(=O)C1CCCCn2nnnc21. The molecule has 0 N–H and O–H groups in total. The van der Waals surface area contributed by atoms with E-state index in [2.05, 4.69) is 25.7 Å². The van der Waals surface area contributed by atoms with Gasteiger partial charge in [0.2, 0.25) is 17.6 Å². The Morgan fingerprint density at radius 2 is 2.25 bits per heavy atom. The third-order valence-electron chi connectivity index (χ3n) is 5.05. The maximum absolute atomic E-state index is 13.2. The van der Waals surface area contributed by atoms with Crippen LogP contribution in [-0.2, 0) is 17.9 Å². The fourth-order valence-electron chi connectivity index (χ4n) is 3.54. The minimum Gasteiger partial charge on any atom is -0.337 e. The van der Waals surface area contributed by atoms with E-state index in [0.29, 0.717) is 24.1 Å². The number of likely N-dealkylation sites (N-methyl/N-ethyl adjacent to an activating group) is 1. The van der Waals surface area contributed by atoms with Crippen LogP contribution in [0.25, 0.3) is 11.4 Å². The van der Waals surface area contributed by atoms with Gasteiger partial charge in [-0.15, -0.1) is 5.10 Å². The van der Waals surface area contributed by atoms with Crippen LogP contribution in [0.15, 0.2) is 28.8 Å². The van der Waals surface area contributed by atoms with Crippen molar-refractivity contribution in [1.29, 1.82) is 0 Å². The molecule has 1 unspecified atom stereocenters. The molecule has 0 fully saturated rings. The van der Waals surface area contributed by atoms with Gasteiger partial charge in [0.1, 0.15) is 0 Å². The predicted octanol–water partition coefficient (Wildman–Crippen LogP) is 2.35. The van der Waals surface area contributed by atoms with Gasteiger partial charge in [0.05, 0.1) is 12.5 Å². The Bertz CT molecular complexity index is 965. The fraction of sp³-hybridized carbons (Fsp3) is 0.474. The molecule has 9 nitrogen and oxygen atoms in total. The zero-order valence-electron chi connectivity index (χ0n) is 16.1. The van der Waals surface area contributed by atoms with Crippen LogP contribution in [0.4, 0.5) is 0 Å². The van der Waals surface area contributed by atoms with Gasteiger partial charge in [-0.25, -0.2) is 4.68 Å². The van der Waals surface area contributed by atoms with Crippen molar-refractivity contribution in [3.05, 3.63) is 41.5 Å². The highest BCUT2D eigenvalue weighted by molar-refractivity contribution is 5.82. The van der Waals surface area contributed by atoms with Gasteiger partial charge in [0.15, 0.2) is 5.82 Å². The monoisotopic (exact) mass is 381 g/mol. The Hall–Kier alpha value is -3.10. The van der Waals surface area contributed by atoms with Crippen LogP contribution in [0.5, 0.6) is 0 Å². The van der Waals surface area contributed by atoms with E-state index in [1.807, 2.05) is 38.1 Å². The van der Waals surface area contributed by atoms with E-state index in [1.54, 1.807) is 9.58 Å². The molecule has 1 amide bonds. The largest absolute Gasteiger partial charge is 0.337 e. The standard InChI is InChI=1S/C19H23N7O2/c1-3-25(19(27)15-9-4-5-10-26-18(15)21-23-24-26)12-16-20-17(22-28-16)14-8-6-7-13(2)11-14/h6-8,11,15H,3-5,9-10,12H2,1-2H3. The van der Waals surface area contributed by atoms with Crippen molar-refractivity contribution >= 4 is 5.91 Å². The molecule has 1 atom stereocenters. The first-order valence-electron chi connectivity index (χ1n) is 9.60. The smallest absolute Gasteiger partial charge is 0.246 e. The molecule has 3 heterocycles. The average Bonchev–Trinajstić information content (AvgIpc) is 3.31. The molecule has 9 heteroatoms. The number of carbonyl (C=O) groups is 1. The first-order chi connectivity index (χ1) is 13.7. The van der Waals surface area contributed by atoms with Gasteiger partial charge in [-0.05, 0) is 43.2 Å². The molecule has 4 rings (SSSR count). The number of carbonyl (C=O) groups excluding carboxylic acids is 1. The number of aryl methyl sites for hydroxylation is 2. The number of tetrazole rings is 1. The quantitative estimate of drug-likeness (QED) is 0.668. The van der Waals surface area contributed by atoms with E-state index in [9.17, 15) is 4.79 Å². The Kier molecular flexibility index (Phi) is 5.14. The minimum atomic E-state index is -0.336. The maximum atomic E-state index is 13.2. The highest BCUT2D eigenvalue weighted by Crippen LogP contribution is 2.27. The van der Waals surface area contributed by atoms with E-state index in [-0.39, 0.29) is 18.4 Å². The first-order valence-corrected chi connectivity index (χ1v) is 9.60. The molecule has 0 bridgehead atoms. The third-order valence-corrected chi connectivity index (χ3v) is 5.05. The summed E-state index contributed by atoms with van der Waals surface area (Å²) >= 11 is 0. The highest BCUT2D eigenvalue weighted by atomic mass is 16.5. The molecule has 1 aliphatic heterocycles. The molecule has 0 radical (unpaired) electrons. The van der Waals surface area contributed by atoms with E-state index < -0.39 is 0 Å². The molecular formula is C19H23N7O2. The zero-order chi connectivity index (χ0) is 19.5. The number of amides is 1. The van der Waals surface area contributed by atoms with Gasteiger partial charge in [0, 0.05) is 18.7 Å². The predicted molar refractivity (Wildman–Crippen MR) is 100.0 cm³/mol. The minimum absolute atomic E-state index is 0.00393. The van der Waals surface area contributed by atoms with Crippen molar-refractivity contribution in [1.82, 2.24) is 35.2 Å². The van der Waals surface area contributed by atoms with Crippen LogP contribution in [0, 0.1) is 6.92 Å². The lowest BCUT2D eigenvalue weighted by molar-refractivity contribution is -0.134. The van der Waals surface area contributed by atoms with Crippen molar-refractivity contribution in [2.24, 2.45) is 0 Å². The summed E-state index contributed by atoms with van der Waals surface area (Å²) in [5.74, 6) is 1.25. The normalized spacial score (nSPS) is 16.4. The molecule has 0 spiro atoms. The fourth-order valence-corrected chi connectivity index (χ4v) is 3.54. The topological polar surface area (TPSA) is 103 Å². The first kappa shape index (κ1) is 18.3. The third kappa shape index (κ3) is 3.64. The summed E-state index contributed by atoms with van der Waals surface area (Å²) in [4.78, 5) is 19.4. The second-order valence-electron chi connectivity index (χ2n) is 7.04. The maximum Gasteiger partial charge on any atom is 0.246 e. The lowest BCUT2D eigenvalue weighted by atomic mass is 10.0. The van der Waals surface area contributed by atoms with Crippen LogP contribution < -0.4 is 0 Å². The summed E-state index contributed by atoms with van der Waals surface area (Å²) in [7, 11) is 0. The Morgan fingerprint density at radius 1 is 1.36 bits per heavy atom. The zero-order valence-corrected chi connectivity index (χ0v) is 16.1. The summed E-state index contributed by atoms with van der Waals surface area (Å²) in [5.41, 5.74) is 2.02. The average molecular weight is 381 g/mol. The van der Waals surface area contributed by atoms with E-state index in [4.69, 9.17) is 4.52 Å². The van der Waals surface area contributed by atoms with Gasteiger partial charge in [0.25, 0.3) is 0 Å². The number of hydrogen-bond donors (Lipinski definition) is 0. The summed E-state index contributed by atoms with van der Waals surface area (Å²) in [6.07, 6.45) is 2.67. The van der Waals surface area contributed by atoms with Crippen LogP contribution in [0.1, 0.15) is 49.4 Å². The van der Waals surface area contributed by atoms with E-state index >= 15 is 0 Å².